The largest absolute Gasteiger partial charge is 0.396 e. The second-order valence-electron chi connectivity index (χ2n) is 4.83. The summed E-state index contributed by atoms with van der Waals surface area (Å²) in [5, 5.41) is 10.6. The highest BCUT2D eigenvalue weighted by Gasteiger charge is 2.26. The molecule has 0 aliphatic carbocycles. The molecule has 3 rings (SSSR count). The van der Waals surface area contributed by atoms with Gasteiger partial charge in [-0.1, -0.05) is 12.1 Å². The molecule has 3 nitrogen and oxygen atoms in total. The van der Waals surface area contributed by atoms with Crippen LogP contribution < -0.4 is 0 Å². The molecule has 0 bridgehead atoms. The van der Waals surface area contributed by atoms with Gasteiger partial charge in [0.25, 0.3) is 0 Å². The molecule has 2 atom stereocenters. The molecule has 0 radical (unpaired) electrons. The molecule has 1 aromatic heterocycles. The van der Waals surface area contributed by atoms with E-state index < -0.39 is 0 Å². The molecular formula is C15H17NO2. The minimum Gasteiger partial charge on any atom is -0.396 e. The van der Waals surface area contributed by atoms with Crippen molar-refractivity contribution in [2.24, 2.45) is 5.92 Å². The average molecular weight is 243 g/mol. The van der Waals surface area contributed by atoms with Gasteiger partial charge in [0, 0.05) is 30.7 Å². The van der Waals surface area contributed by atoms with Crippen molar-refractivity contribution in [3.8, 4) is 0 Å². The standard InChI is InChI=1S/C15H17NO2/c17-10-13-4-2-8-18-15(13)12-5-6-14-11(9-12)3-1-7-16-14/h1,3,5-7,9,13,15,17H,2,4,8,10H2. The van der Waals surface area contributed by atoms with Gasteiger partial charge in [-0.15, -0.1) is 0 Å². The minimum absolute atomic E-state index is 0.0216. The van der Waals surface area contributed by atoms with Crippen LogP contribution in [0.3, 0.4) is 0 Å². The number of ether oxygens (including phenoxy) is 1. The van der Waals surface area contributed by atoms with E-state index in [1.807, 2.05) is 12.1 Å². The predicted octanol–water partition coefficient (Wildman–Crippen LogP) is 2.69. The molecule has 0 spiro atoms. The topological polar surface area (TPSA) is 42.4 Å². The Labute approximate surface area is 106 Å². The number of fused-ring (bicyclic) bond motifs is 1. The second-order valence-corrected chi connectivity index (χ2v) is 4.83. The summed E-state index contributed by atoms with van der Waals surface area (Å²) in [6, 6.07) is 10.2. The number of aliphatic hydroxyl groups excluding tert-OH is 1. The molecule has 2 aromatic rings. The van der Waals surface area contributed by atoms with Crippen molar-refractivity contribution in [3.63, 3.8) is 0 Å². The van der Waals surface area contributed by atoms with E-state index >= 15 is 0 Å². The van der Waals surface area contributed by atoms with Gasteiger partial charge in [0.15, 0.2) is 0 Å². The van der Waals surface area contributed by atoms with Crippen molar-refractivity contribution in [1.29, 1.82) is 0 Å². The Morgan fingerprint density at radius 2 is 2.28 bits per heavy atom. The van der Waals surface area contributed by atoms with Crippen LogP contribution in [0.25, 0.3) is 10.9 Å². The first-order valence-corrected chi connectivity index (χ1v) is 6.45. The highest BCUT2D eigenvalue weighted by Crippen LogP contribution is 2.34. The molecule has 1 fully saturated rings. The van der Waals surface area contributed by atoms with Crippen molar-refractivity contribution >= 4 is 10.9 Å². The van der Waals surface area contributed by atoms with Gasteiger partial charge < -0.3 is 9.84 Å². The Balaban J connectivity index is 1.97. The first-order valence-electron chi connectivity index (χ1n) is 6.45. The number of rotatable bonds is 2. The molecular weight excluding hydrogens is 226 g/mol. The van der Waals surface area contributed by atoms with Crippen molar-refractivity contribution in [2.75, 3.05) is 13.2 Å². The lowest BCUT2D eigenvalue weighted by atomic mass is 9.89. The number of hydrogen-bond acceptors (Lipinski definition) is 3. The first kappa shape index (κ1) is 11.6. The van der Waals surface area contributed by atoms with Gasteiger partial charge >= 0.3 is 0 Å². The van der Waals surface area contributed by atoms with Crippen LogP contribution in [0.4, 0.5) is 0 Å². The van der Waals surface area contributed by atoms with Crippen molar-refractivity contribution < 1.29 is 9.84 Å². The zero-order valence-corrected chi connectivity index (χ0v) is 10.2. The Morgan fingerprint density at radius 3 is 3.17 bits per heavy atom. The highest BCUT2D eigenvalue weighted by molar-refractivity contribution is 5.79. The van der Waals surface area contributed by atoms with Gasteiger partial charge in [-0.2, -0.15) is 0 Å². The van der Waals surface area contributed by atoms with Gasteiger partial charge in [0.1, 0.15) is 0 Å². The summed E-state index contributed by atoms with van der Waals surface area (Å²) in [6.45, 7) is 0.974. The molecule has 0 amide bonds. The van der Waals surface area contributed by atoms with Crippen LogP contribution in [-0.4, -0.2) is 23.3 Å². The van der Waals surface area contributed by atoms with E-state index in [-0.39, 0.29) is 18.6 Å². The molecule has 1 N–H and O–H groups in total. The number of pyridine rings is 1. The molecule has 1 aliphatic rings. The normalized spacial score (nSPS) is 24.3. The van der Waals surface area contributed by atoms with Crippen LogP contribution in [0.2, 0.25) is 0 Å². The third-order valence-corrected chi connectivity index (χ3v) is 3.63. The molecule has 2 heterocycles. The van der Waals surface area contributed by atoms with Crippen LogP contribution in [0.15, 0.2) is 36.5 Å². The minimum atomic E-state index is 0.0216. The maximum atomic E-state index is 9.44. The van der Waals surface area contributed by atoms with E-state index in [4.69, 9.17) is 4.74 Å². The van der Waals surface area contributed by atoms with Crippen LogP contribution in [0.1, 0.15) is 24.5 Å². The summed E-state index contributed by atoms with van der Waals surface area (Å²) < 4.78 is 5.84. The fourth-order valence-electron chi connectivity index (χ4n) is 2.67. The van der Waals surface area contributed by atoms with Gasteiger partial charge in [0.2, 0.25) is 0 Å². The van der Waals surface area contributed by atoms with Gasteiger partial charge in [-0.25, -0.2) is 0 Å². The molecule has 1 aliphatic heterocycles. The van der Waals surface area contributed by atoms with Crippen molar-refractivity contribution in [3.05, 3.63) is 42.1 Å². The van der Waals surface area contributed by atoms with Crippen molar-refractivity contribution in [1.82, 2.24) is 4.98 Å². The maximum absolute atomic E-state index is 9.44. The van der Waals surface area contributed by atoms with Gasteiger partial charge in [-0.05, 0) is 36.6 Å². The summed E-state index contributed by atoms with van der Waals surface area (Å²) in [7, 11) is 0. The Hall–Kier alpha value is -1.45. The highest BCUT2D eigenvalue weighted by atomic mass is 16.5. The fraction of sp³-hybridized carbons (Fsp3) is 0.400. The quantitative estimate of drug-likeness (QED) is 0.881. The van der Waals surface area contributed by atoms with Crippen LogP contribution in [-0.2, 0) is 4.74 Å². The molecule has 0 saturated carbocycles. The summed E-state index contributed by atoms with van der Waals surface area (Å²) in [4.78, 5) is 4.32. The van der Waals surface area contributed by atoms with E-state index in [0.29, 0.717) is 0 Å². The lowest BCUT2D eigenvalue weighted by molar-refractivity contribution is -0.0456. The third-order valence-electron chi connectivity index (χ3n) is 3.63. The van der Waals surface area contributed by atoms with Crippen LogP contribution in [0.5, 0.6) is 0 Å². The summed E-state index contributed by atoms with van der Waals surface area (Å²) in [5.74, 6) is 0.216. The Kier molecular flexibility index (Phi) is 3.26. The van der Waals surface area contributed by atoms with E-state index in [2.05, 4.69) is 23.2 Å². The molecule has 94 valence electrons. The van der Waals surface area contributed by atoms with Crippen LogP contribution in [0, 0.1) is 5.92 Å². The molecule has 1 saturated heterocycles. The Bertz CT molecular complexity index is 541. The molecule has 3 heteroatoms. The lowest BCUT2D eigenvalue weighted by Crippen LogP contribution is -2.25. The van der Waals surface area contributed by atoms with Crippen LogP contribution >= 0.6 is 0 Å². The van der Waals surface area contributed by atoms with E-state index in [0.717, 1.165) is 35.9 Å². The SMILES string of the molecule is OCC1CCCOC1c1ccc2ncccc2c1. The van der Waals surface area contributed by atoms with E-state index in [9.17, 15) is 5.11 Å². The fourth-order valence-corrected chi connectivity index (χ4v) is 2.67. The number of aliphatic hydroxyl groups is 1. The molecule has 2 unspecified atom stereocenters. The number of aromatic nitrogens is 1. The predicted molar refractivity (Wildman–Crippen MR) is 70.2 cm³/mol. The number of hydrogen-bond donors (Lipinski definition) is 1. The van der Waals surface area contributed by atoms with Gasteiger partial charge in [-0.3, -0.25) is 4.98 Å². The average Bonchev–Trinajstić information content (AvgIpc) is 2.46. The zero-order chi connectivity index (χ0) is 12.4. The third kappa shape index (κ3) is 2.11. The van der Waals surface area contributed by atoms with Gasteiger partial charge in [0.05, 0.1) is 11.6 Å². The second kappa shape index (κ2) is 5.04. The lowest BCUT2D eigenvalue weighted by Gasteiger charge is -2.30. The molecule has 1 aromatic carbocycles. The smallest absolute Gasteiger partial charge is 0.0875 e. The zero-order valence-electron chi connectivity index (χ0n) is 10.2. The van der Waals surface area contributed by atoms with E-state index in [1.165, 1.54) is 0 Å². The van der Waals surface area contributed by atoms with Crippen molar-refractivity contribution in [2.45, 2.75) is 18.9 Å². The first-order chi connectivity index (χ1) is 8.88. The summed E-state index contributed by atoms with van der Waals surface area (Å²) in [5.41, 5.74) is 2.15. The number of nitrogens with zero attached hydrogens (tertiary/aromatic N) is 1. The number of benzene rings is 1. The Morgan fingerprint density at radius 1 is 1.33 bits per heavy atom. The maximum Gasteiger partial charge on any atom is 0.0875 e. The molecule has 18 heavy (non-hydrogen) atoms. The summed E-state index contributed by atoms with van der Waals surface area (Å²) >= 11 is 0. The van der Waals surface area contributed by atoms with E-state index in [1.54, 1.807) is 6.20 Å². The monoisotopic (exact) mass is 243 g/mol. The summed E-state index contributed by atoms with van der Waals surface area (Å²) in [6.07, 6.45) is 3.90.